The number of likely N-dealkylation sites (tertiary alicyclic amines) is 1. The van der Waals surface area contributed by atoms with Crippen LogP contribution in [0.3, 0.4) is 0 Å². The fourth-order valence-corrected chi connectivity index (χ4v) is 8.04. The SMILES string of the molecule is COc1cc(-c2cn(C)c(=O)c3cncn23)cc(OC)c1CN1CCC2(CC1)CN(c1ccc3c(c1)C(=O)N(C1CCC(=O)NC1=O)C3)C2. The van der Waals surface area contributed by atoms with Crippen molar-refractivity contribution in [1.82, 2.24) is 29.1 Å². The number of aromatic nitrogens is 3. The number of carbonyl (C=O) groups is 3. The van der Waals surface area contributed by atoms with Crippen LogP contribution in [0, 0.1) is 5.41 Å². The molecule has 0 radical (unpaired) electrons. The van der Waals surface area contributed by atoms with E-state index in [2.05, 4.69) is 26.2 Å². The summed E-state index contributed by atoms with van der Waals surface area (Å²) >= 11 is 0. The number of piperidine rings is 2. The van der Waals surface area contributed by atoms with Gasteiger partial charge in [-0.2, -0.15) is 0 Å². The van der Waals surface area contributed by atoms with Gasteiger partial charge in [-0.15, -0.1) is 0 Å². The number of aryl methyl sites for hydroxylation is 1. The fourth-order valence-electron chi connectivity index (χ4n) is 8.04. The van der Waals surface area contributed by atoms with Gasteiger partial charge < -0.3 is 23.8 Å². The van der Waals surface area contributed by atoms with Gasteiger partial charge in [-0.05, 0) is 62.2 Å². The minimum absolute atomic E-state index is 0.116. The van der Waals surface area contributed by atoms with Crippen molar-refractivity contribution in [2.75, 3.05) is 45.3 Å². The maximum atomic E-state index is 13.3. The number of anilines is 1. The molecule has 13 heteroatoms. The van der Waals surface area contributed by atoms with Gasteiger partial charge in [0, 0.05) is 68.1 Å². The van der Waals surface area contributed by atoms with E-state index in [0.29, 0.717) is 30.6 Å². The van der Waals surface area contributed by atoms with Crippen molar-refractivity contribution in [1.29, 1.82) is 0 Å². The van der Waals surface area contributed by atoms with Crippen LogP contribution in [0.4, 0.5) is 5.69 Å². The van der Waals surface area contributed by atoms with Gasteiger partial charge >= 0.3 is 0 Å². The normalized spacial score (nSPS) is 20.5. The predicted molar refractivity (Wildman–Crippen MR) is 181 cm³/mol. The second kappa shape index (κ2) is 11.8. The molecule has 254 valence electrons. The Labute approximate surface area is 283 Å². The summed E-state index contributed by atoms with van der Waals surface area (Å²) in [7, 11) is 5.07. The molecule has 49 heavy (non-hydrogen) atoms. The number of ether oxygens (including phenoxy) is 2. The molecule has 8 rings (SSSR count). The van der Waals surface area contributed by atoms with E-state index in [1.807, 2.05) is 24.3 Å². The van der Waals surface area contributed by atoms with E-state index in [0.717, 1.165) is 78.6 Å². The Morgan fingerprint density at radius 1 is 1.00 bits per heavy atom. The molecule has 1 atom stereocenters. The molecule has 2 aromatic heterocycles. The number of methoxy groups -OCH3 is 2. The molecule has 0 bridgehead atoms. The first kappa shape index (κ1) is 31.1. The molecule has 0 saturated carbocycles. The zero-order chi connectivity index (χ0) is 34.0. The molecule has 1 spiro atoms. The summed E-state index contributed by atoms with van der Waals surface area (Å²) in [5.74, 6) is 0.649. The first-order chi connectivity index (χ1) is 23.7. The lowest BCUT2D eigenvalue weighted by molar-refractivity contribution is -0.136. The third kappa shape index (κ3) is 5.23. The molecular formula is C36H39N7O6. The monoisotopic (exact) mass is 665 g/mol. The molecule has 0 aliphatic carbocycles. The summed E-state index contributed by atoms with van der Waals surface area (Å²) in [6.07, 6.45) is 7.76. The number of carbonyl (C=O) groups excluding carboxylic acids is 3. The average Bonchev–Trinajstić information content (AvgIpc) is 3.71. The average molecular weight is 666 g/mol. The van der Waals surface area contributed by atoms with Crippen molar-refractivity contribution >= 4 is 28.9 Å². The van der Waals surface area contributed by atoms with Gasteiger partial charge in [0.2, 0.25) is 11.8 Å². The van der Waals surface area contributed by atoms with Gasteiger partial charge in [0.15, 0.2) is 0 Å². The van der Waals surface area contributed by atoms with Crippen LogP contribution in [0.15, 0.2) is 53.8 Å². The Balaban J connectivity index is 0.925. The summed E-state index contributed by atoms with van der Waals surface area (Å²) in [6, 6.07) is 9.45. The Kier molecular flexibility index (Phi) is 7.47. The van der Waals surface area contributed by atoms with E-state index in [-0.39, 0.29) is 35.1 Å². The molecular weight excluding hydrogens is 626 g/mol. The van der Waals surface area contributed by atoms with Crippen LogP contribution in [0.5, 0.6) is 11.5 Å². The number of imide groups is 1. The fraction of sp³-hybridized carbons (Fsp3) is 0.417. The number of nitrogens with one attached hydrogen (secondary N) is 1. The van der Waals surface area contributed by atoms with Crippen LogP contribution in [0.1, 0.15) is 47.2 Å². The molecule has 3 amide bonds. The van der Waals surface area contributed by atoms with E-state index >= 15 is 0 Å². The molecule has 4 aliphatic heterocycles. The quantitative estimate of drug-likeness (QED) is 0.296. The number of rotatable bonds is 7. The molecule has 2 aromatic carbocycles. The number of nitrogens with zero attached hydrogens (tertiary/aromatic N) is 6. The molecule has 1 N–H and O–H groups in total. The first-order valence-corrected chi connectivity index (χ1v) is 16.7. The smallest absolute Gasteiger partial charge is 0.276 e. The van der Waals surface area contributed by atoms with E-state index in [9.17, 15) is 19.2 Å². The predicted octanol–water partition coefficient (Wildman–Crippen LogP) is 2.58. The van der Waals surface area contributed by atoms with Crippen molar-refractivity contribution in [3.8, 4) is 22.8 Å². The van der Waals surface area contributed by atoms with Crippen molar-refractivity contribution in [3.63, 3.8) is 0 Å². The lowest BCUT2D eigenvalue weighted by Crippen LogP contribution is -2.60. The highest BCUT2D eigenvalue weighted by atomic mass is 16.5. The third-order valence-electron chi connectivity index (χ3n) is 10.9. The summed E-state index contributed by atoms with van der Waals surface area (Å²) < 4.78 is 15.1. The van der Waals surface area contributed by atoms with Crippen molar-refractivity contribution < 1.29 is 23.9 Å². The second-order valence-electron chi connectivity index (χ2n) is 13.8. The number of fused-ring (bicyclic) bond motifs is 2. The van der Waals surface area contributed by atoms with Crippen LogP contribution in [-0.4, -0.2) is 87.9 Å². The Bertz CT molecular complexity index is 2040. The maximum absolute atomic E-state index is 13.3. The van der Waals surface area contributed by atoms with Gasteiger partial charge in [0.05, 0.1) is 38.0 Å². The lowest BCUT2D eigenvalue weighted by atomic mass is 9.71. The second-order valence-corrected chi connectivity index (χ2v) is 13.8. The standard InChI is InChI=1S/C36H39N7O6/c1-39-18-29(43-21-37-15-28(43)35(39)47)23-12-30(48-2)26(31(13-23)49-3)17-40-10-8-36(9-11-40)19-41(20-36)24-5-4-22-16-42(34(46)25(22)14-24)27-6-7-32(44)38-33(27)45/h4-5,12-15,18,21,27H,6-11,16-17,19-20H2,1-3H3,(H,38,44,45). The summed E-state index contributed by atoms with van der Waals surface area (Å²) in [6.45, 7) is 4.85. The summed E-state index contributed by atoms with van der Waals surface area (Å²) in [5, 5.41) is 2.37. The maximum Gasteiger partial charge on any atom is 0.276 e. The van der Waals surface area contributed by atoms with Gasteiger partial charge in [0.25, 0.3) is 11.5 Å². The van der Waals surface area contributed by atoms with Crippen molar-refractivity contribution in [3.05, 3.63) is 76.1 Å². The topological polar surface area (TPSA) is 131 Å². The van der Waals surface area contributed by atoms with Crippen LogP contribution in [0.2, 0.25) is 0 Å². The number of imidazole rings is 1. The lowest BCUT2D eigenvalue weighted by Gasteiger charge is -2.55. The van der Waals surface area contributed by atoms with Gasteiger partial charge in [-0.1, -0.05) is 6.07 Å². The highest BCUT2D eigenvalue weighted by molar-refractivity contribution is 6.05. The number of amides is 3. The van der Waals surface area contributed by atoms with Gasteiger partial charge in [-0.3, -0.25) is 33.8 Å². The minimum atomic E-state index is -0.606. The molecule has 6 heterocycles. The van der Waals surface area contributed by atoms with Crippen molar-refractivity contribution in [2.45, 2.75) is 44.8 Å². The van der Waals surface area contributed by atoms with Gasteiger partial charge in [0.1, 0.15) is 23.1 Å². The highest BCUT2D eigenvalue weighted by Crippen LogP contribution is 2.44. The van der Waals surface area contributed by atoms with E-state index in [1.54, 1.807) is 53.9 Å². The number of hydrogen-bond acceptors (Lipinski definition) is 9. The number of benzene rings is 2. The Hall–Kier alpha value is -5.17. The van der Waals surface area contributed by atoms with Crippen LogP contribution >= 0.6 is 0 Å². The molecule has 3 saturated heterocycles. The Morgan fingerprint density at radius 2 is 1.73 bits per heavy atom. The van der Waals surface area contributed by atoms with E-state index < -0.39 is 6.04 Å². The summed E-state index contributed by atoms with van der Waals surface area (Å²) in [5.41, 5.74) is 5.88. The van der Waals surface area contributed by atoms with Crippen molar-refractivity contribution in [2.24, 2.45) is 12.5 Å². The highest BCUT2D eigenvalue weighted by Gasteiger charge is 2.46. The van der Waals surface area contributed by atoms with Crippen LogP contribution < -0.4 is 25.2 Å². The third-order valence-corrected chi connectivity index (χ3v) is 10.9. The molecule has 13 nitrogen and oxygen atoms in total. The van der Waals surface area contributed by atoms with Crippen LogP contribution in [0.25, 0.3) is 16.8 Å². The zero-order valence-electron chi connectivity index (χ0n) is 27.9. The van der Waals surface area contributed by atoms with E-state index in [1.165, 1.54) is 0 Å². The number of hydrogen-bond donors (Lipinski definition) is 1. The largest absolute Gasteiger partial charge is 0.496 e. The Morgan fingerprint density at radius 3 is 2.43 bits per heavy atom. The zero-order valence-corrected chi connectivity index (χ0v) is 27.9. The molecule has 4 aromatic rings. The van der Waals surface area contributed by atoms with Crippen LogP contribution in [-0.2, 0) is 29.7 Å². The molecule has 4 aliphatic rings. The van der Waals surface area contributed by atoms with E-state index in [4.69, 9.17) is 9.47 Å². The molecule has 3 fully saturated rings. The minimum Gasteiger partial charge on any atom is -0.496 e. The first-order valence-electron chi connectivity index (χ1n) is 16.7. The summed E-state index contributed by atoms with van der Waals surface area (Å²) in [4.78, 5) is 60.6. The molecule has 1 unspecified atom stereocenters. The van der Waals surface area contributed by atoms with Gasteiger partial charge in [-0.25, -0.2) is 4.98 Å².